The molecule has 100 valence electrons. The summed E-state index contributed by atoms with van der Waals surface area (Å²) in [6.45, 7) is 0.0436. The highest BCUT2D eigenvalue weighted by atomic mass is 127. The fourth-order valence-corrected chi connectivity index (χ4v) is 2.60. The van der Waals surface area contributed by atoms with E-state index in [2.05, 4.69) is 27.6 Å². The average molecular weight is 377 g/mol. The van der Waals surface area contributed by atoms with Crippen molar-refractivity contribution in [3.8, 4) is 5.75 Å². The van der Waals surface area contributed by atoms with E-state index >= 15 is 0 Å². The molecule has 1 aromatic heterocycles. The van der Waals surface area contributed by atoms with Crippen molar-refractivity contribution >= 4 is 39.3 Å². The first-order chi connectivity index (χ1) is 9.74. The standard InChI is InChI=1S/C16H12INO2/c17-11-4-3-5-12(8-11)20-10-16(19)14-9-18-15-7-2-1-6-13(14)15/h1-9,18H,10H2. The predicted octanol–water partition coefficient (Wildman–Crippen LogP) is 4.03. The molecule has 2 aromatic carbocycles. The monoisotopic (exact) mass is 377 g/mol. The molecule has 0 amide bonds. The lowest BCUT2D eigenvalue weighted by Gasteiger charge is -2.05. The van der Waals surface area contributed by atoms with Gasteiger partial charge in [-0.05, 0) is 46.9 Å². The summed E-state index contributed by atoms with van der Waals surface area (Å²) in [4.78, 5) is 15.3. The van der Waals surface area contributed by atoms with Crippen LogP contribution in [0, 0.1) is 3.57 Å². The van der Waals surface area contributed by atoms with Crippen molar-refractivity contribution in [2.45, 2.75) is 0 Å². The van der Waals surface area contributed by atoms with Crippen LogP contribution >= 0.6 is 22.6 Å². The molecule has 0 bridgehead atoms. The number of Topliss-reactive ketones (excluding diaryl/α,β-unsaturated/α-hetero) is 1. The molecule has 0 aliphatic heterocycles. The van der Waals surface area contributed by atoms with E-state index in [-0.39, 0.29) is 12.4 Å². The van der Waals surface area contributed by atoms with E-state index in [1.54, 1.807) is 6.20 Å². The number of ether oxygens (including phenoxy) is 1. The first-order valence-electron chi connectivity index (χ1n) is 6.22. The number of rotatable bonds is 4. The van der Waals surface area contributed by atoms with E-state index in [1.807, 2.05) is 48.5 Å². The van der Waals surface area contributed by atoms with Gasteiger partial charge in [-0.3, -0.25) is 4.79 Å². The highest BCUT2D eigenvalue weighted by Gasteiger charge is 2.12. The van der Waals surface area contributed by atoms with Gasteiger partial charge in [-0.15, -0.1) is 0 Å². The summed E-state index contributed by atoms with van der Waals surface area (Å²) >= 11 is 2.21. The van der Waals surface area contributed by atoms with Crippen LogP contribution < -0.4 is 4.74 Å². The second-order valence-corrected chi connectivity index (χ2v) is 5.66. The quantitative estimate of drug-likeness (QED) is 0.551. The SMILES string of the molecule is O=C(COc1cccc(I)c1)c1c[nH]c2ccccc12. The van der Waals surface area contributed by atoms with Gasteiger partial charge in [0.2, 0.25) is 5.78 Å². The number of carbonyl (C=O) groups is 1. The normalized spacial score (nSPS) is 10.7. The molecule has 0 fully saturated rings. The Morgan fingerprint density at radius 2 is 2.00 bits per heavy atom. The molecule has 4 heteroatoms. The highest BCUT2D eigenvalue weighted by Crippen LogP contribution is 2.19. The maximum Gasteiger partial charge on any atom is 0.202 e. The molecule has 3 nitrogen and oxygen atoms in total. The Kier molecular flexibility index (Phi) is 3.73. The fraction of sp³-hybridized carbons (Fsp3) is 0.0625. The van der Waals surface area contributed by atoms with Crippen molar-refractivity contribution in [2.75, 3.05) is 6.61 Å². The summed E-state index contributed by atoms with van der Waals surface area (Å²) < 4.78 is 6.64. The topological polar surface area (TPSA) is 42.1 Å². The minimum Gasteiger partial charge on any atom is -0.485 e. The van der Waals surface area contributed by atoms with Gasteiger partial charge in [-0.2, -0.15) is 0 Å². The lowest BCUT2D eigenvalue weighted by molar-refractivity contribution is 0.0923. The van der Waals surface area contributed by atoms with Crippen molar-refractivity contribution in [1.82, 2.24) is 4.98 Å². The summed E-state index contributed by atoms with van der Waals surface area (Å²) in [5.74, 6) is 0.686. The van der Waals surface area contributed by atoms with E-state index < -0.39 is 0 Å². The minimum absolute atomic E-state index is 0.0266. The van der Waals surface area contributed by atoms with Gasteiger partial charge in [0.1, 0.15) is 5.75 Å². The maximum absolute atomic E-state index is 12.2. The van der Waals surface area contributed by atoms with Crippen LogP contribution in [0.25, 0.3) is 10.9 Å². The number of nitrogens with one attached hydrogen (secondary N) is 1. The molecule has 0 saturated heterocycles. The molecular formula is C16H12INO2. The third-order valence-corrected chi connectivity index (χ3v) is 3.73. The number of fused-ring (bicyclic) bond motifs is 1. The van der Waals surface area contributed by atoms with Crippen LogP contribution in [0.15, 0.2) is 54.7 Å². The Hall–Kier alpha value is -1.82. The Bertz CT molecular complexity index is 764. The zero-order valence-corrected chi connectivity index (χ0v) is 12.8. The van der Waals surface area contributed by atoms with Crippen molar-refractivity contribution in [1.29, 1.82) is 0 Å². The first kappa shape index (κ1) is 13.2. The predicted molar refractivity (Wildman–Crippen MR) is 87.3 cm³/mol. The number of hydrogen-bond donors (Lipinski definition) is 1. The number of halogens is 1. The van der Waals surface area contributed by atoms with Crippen LogP contribution in [-0.2, 0) is 0 Å². The maximum atomic E-state index is 12.2. The van der Waals surface area contributed by atoms with Crippen molar-refractivity contribution < 1.29 is 9.53 Å². The van der Waals surface area contributed by atoms with Gasteiger partial charge in [0, 0.05) is 26.2 Å². The molecule has 0 aliphatic rings. The number of H-pyrrole nitrogens is 1. The average Bonchev–Trinajstić information content (AvgIpc) is 2.89. The van der Waals surface area contributed by atoms with E-state index in [0.29, 0.717) is 11.3 Å². The molecule has 1 heterocycles. The van der Waals surface area contributed by atoms with Crippen LogP contribution in [0.2, 0.25) is 0 Å². The lowest BCUT2D eigenvalue weighted by atomic mass is 10.1. The molecule has 0 unspecified atom stereocenters. The van der Waals surface area contributed by atoms with Gasteiger partial charge in [-0.1, -0.05) is 24.3 Å². The van der Waals surface area contributed by atoms with Crippen LogP contribution in [0.1, 0.15) is 10.4 Å². The van der Waals surface area contributed by atoms with Crippen molar-refractivity contribution in [3.63, 3.8) is 0 Å². The Balaban J connectivity index is 1.76. The van der Waals surface area contributed by atoms with Gasteiger partial charge in [0.15, 0.2) is 6.61 Å². The second kappa shape index (κ2) is 5.66. The molecule has 0 aliphatic carbocycles. The number of ketones is 1. The highest BCUT2D eigenvalue weighted by molar-refractivity contribution is 14.1. The molecule has 0 saturated carbocycles. The number of aromatic nitrogens is 1. The third-order valence-electron chi connectivity index (χ3n) is 3.06. The summed E-state index contributed by atoms with van der Waals surface area (Å²) in [6.07, 6.45) is 1.74. The van der Waals surface area contributed by atoms with E-state index in [1.165, 1.54) is 0 Å². The zero-order valence-electron chi connectivity index (χ0n) is 10.6. The van der Waals surface area contributed by atoms with Crippen molar-refractivity contribution in [3.05, 3.63) is 63.9 Å². The summed E-state index contributed by atoms with van der Waals surface area (Å²) in [7, 11) is 0. The number of carbonyl (C=O) groups excluding carboxylic acids is 1. The van der Waals surface area contributed by atoms with Gasteiger partial charge in [0.05, 0.1) is 0 Å². The molecule has 1 N–H and O–H groups in total. The van der Waals surface area contributed by atoms with Gasteiger partial charge in [0.25, 0.3) is 0 Å². The van der Waals surface area contributed by atoms with Gasteiger partial charge < -0.3 is 9.72 Å². The largest absolute Gasteiger partial charge is 0.485 e. The number of benzene rings is 2. The van der Waals surface area contributed by atoms with Gasteiger partial charge >= 0.3 is 0 Å². The van der Waals surface area contributed by atoms with Crippen molar-refractivity contribution in [2.24, 2.45) is 0 Å². The second-order valence-electron chi connectivity index (χ2n) is 4.42. The minimum atomic E-state index is -0.0266. The molecular weight excluding hydrogens is 365 g/mol. The molecule has 0 radical (unpaired) electrons. The van der Waals surface area contributed by atoms with Crippen LogP contribution in [-0.4, -0.2) is 17.4 Å². The van der Waals surface area contributed by atoms with Crippen LogP contribution in [0.3, 0.4) is 0 Å². The third kappa shape index (κ3) is 2.70. The van der Waals surface area contributed by atoms with Gasteiger partial charge in [-0.25, -0.2) is 0 Å². The molecule has 3 rings (SSSR count). The Labute approximate surface area is 130 Å². The molecule has 3 aromatic rings. The smallest absolute Gasteiger partial charge is 0.202 e. The lowest BCUT2D eigenvalue weighted by Crippen LogP contribution is -2.11. The fourth-order valence-electron chi connectivity index (χ4n) is 2.09. The first-order valence-corrected chi connectivity index (χ1v) is 7.29. The number of para-hydroxylation sites is 1. The summed E-state index contributed by atoms with van der Waals surface area (Å²) in [5.41, 5.74) is 1.64. The van der Waals surface area contributed by atoms with E-state index in [0.717, 1.165) is 14.5 Å². The molecule has 0 atom stereocenters. The summed E-state index contributed by atoms with van der Waals surface area (Å²) in [6, 6.07) is 15.4. The van der Waals surface area contributed by atoms with E-state index in [9.17, 15) is 4.79 Å². The summed E-state index contributed by atoms with van der Waals surface area (Å²) in [5, 5.41) is 0.934. The number of hydrogen-bond acceptors (Lipinski definition) is 2. The van der Waals surface area contributed by atoms with Crippen LogP contribution in [0.4, 0.5) is 0 Å². The molecule has 20 heavy (non-hydrogen) atoms. The zero-order chi connectivity index (χ0) is 13.9. The molecule has 0 spiro atoms. The van der Waals surface area contributed by atoms with E-state index in [4.69, 9.17) is 4.74 Å². The number of aromatic amines is 1. The van der Waals surface area contributed by atoms with Crippen LogP contribution in [0.5, 0.6) is 5.75 Å². The Morgan fingerprint density at radius 3 is 2.85 bits per heavy atom. The Morgan fingerprint density at radius 1 is 1.15 bits per heavy atom.